The van der Waals surface area contributed by atoms with Crippen molar-refractivity contribution in [2.45, 2.75) is 38.3 Å². The van der Waals surface area contributed by atoms with Gasteiger partial charge >= 0.3 is 0 Å². The Morgan fingerprint density at radius 3 is 2.78 bits per heavy atom. The van der Waals surface area contributed by atoms with E-state index in [1.807, 2.05) is 12.1 Å². The zero-order valence-corrected chi connectivity index (χ0v) is 13.5. The first-order valence-electron chi connectivity index (χ1n) is 8.13. The molecule has 0 amide bonds. The number of fused-ring (bicyclic) bond motifs is 1. The molecule has 23 heavy (non-hydrogen) atoms. The van der Waals surface area contributed by atoms with Crippen LogP contribution < -0.4 is 9.47 Å². The first-order valence-corrected chi connectivity index (χ1v) is 8.13. The molecule has 1 aromatic carbocycles. The summed E-state index contributed by atoms with van der Waals surface area (Å²) in [6.45, 7) is 4.08. The van der Waals surface area contributed by atoms with Gasteiger partial charge in [0.15, 0.2) is 17.3 Å². The zero-order chi connectivity index (χ0) is 15.8. The number of ether oxygens (including phenoxy) is 2. The Balaban J connectivity index is 1.44. The third-order valence-corrected chi connectivity index (χ3v) is 4.46. The van der Waals surface area contributed by atoms with Gasteiger partial charge in [-0.15, -0.1) is 0 Å². The van der Waals surface area contributed by atoms with Gasteiger partial charge in [0.2, 0.25) is 5.89 Å². The molecule has 1 atom stereocenters. The lowest BCUT2D eigenvalue weighted by atomic mass is 10.1. The first-order chi connectivity index (χ1) is 11.2. The second kappa shape index (κ2) is 5.85. The van der Waals surface area contributed by atoms with Gasteiger partial charge in [0, 0.05) is 12.5 Å². The Kier molecular flexibility index (Phi) is 3.69. The molecule has 1 aliphatic carbocycles. The summed E-state index contributed by atoms with van der Waals surface area (Å²) in [5.74, 6) is 3.71. The van der Waals surface area contributed by atoms with Crippen LogP contribution in [0.2, 0.25) is 0 Å². The maximum atomic E-state index is 5.64. The lowest BCUT2D eigenvalue weighted by Crippen LogP contribution is -2.22. The van der Waals surface area contributed by atoms with Crippen molar-refractivity contribution in [2.24, 2.45) is 0 Å². The fourth-order valence-electron chi connectivity index (χ4n) is 2.72. The van der Waals surface area contributed by atoms with Crippen LogP contribution in [0.1, 0.15) is 49.0 Å². The molecule has 122 valence electrons. The third-order valence-electron chi connectivity index (χ3n) is 4.46. The summed E-state index contributed by atoms with van der Waals surface area (Å²) in [7, 11) is 2.06. The summed E-state index contributed by atoms with van der Waals surface area (Å²) in [6, 6.07) is 6.16. The SMILES string of the molecule is C[C@H](c1nc(C2CC2)no1)N(C)Cc1ccc2c(c1)OCCO2. The molecule has 0 radical (unpaired) electrons. The van der Waals surface area contributed by atoms with E-state index in [1.54, 1.807) is 0 Å². The highest BCUT2D eigenvalue weighted by atomic mass is 16.6. The van der Waals surface area contributed by atoms with Crippen LogP contribution in [0.5, 0.6) is 11.5 Å². The van der Waals surface area contributed by atoms with E-state index < -0.39 is 0 Å². The minimum absolute atomic E-state index is 0.0724. The molecule has 2 aromatic rings. The molecular weight excluding hydrogens is 294 g/mol. The summed E-state index contributed by atoms with van der Waals surface area (Å²) in [4.78, 5) is 6.73. The molecule has 4 rings (SSSR count). The second-order valence-electron chi connectivity index (χ2n) is 6.33. The van der Waals surface area contributed by atoms with E-state index in [9.17, 15) is 0 Å². The molecular formula is C17H21N3O3. The standard InChI is InChI=1S/C17H21N3O3/c1-11(17-18-16(19-23-17)13-4-5-13)20(2)10-12-3-6-14-15(9-12)22-8-7-21-14/h3,6,9,11,13H,4-5,7-8,10H2,1-2H3/t11-/m1/s1. The van der Waals surface area contributed by atoms with Gasteiger partial charge in [-0.3, -0.25) is 4.90 Å². The molecule has 0 spiro atoms. The maximum Gasteiger partial charge on any atom is 0.243 e. The van der Waals surface area contributed by atoms with Gasteiger partial charge in [0.05, 0.1) is 6.04 Å². The summed E-state index contributed by atoms with van der Waals surface area (Å²) in [6.07, 6.45) is 2.36. The third kappa shape index (κ3) is 3.03. The van der Waals surface area contributed by atoms with E-state index in [2.05, 4.69) is 35.1 Å². The van der Waals surface area contributed by atoms with E-state index in [4.69, 9.17) is 14.0 Å². The Hall–Kier alpha value is -2.08. The minimum Gasteiger partial charge on any atom is -0.486 e. The molecule has 1 aromatic heterocycles. The molecule has 6 nitrogen and oxygen atoms in total. The molecule has 2 heterocycles. The van der Waals surface area contributed by atoms with Crippen LogP contribution in [0.4, 0.5) is 0 Å². The molecule has 6 heteroatoms. The molecule has 0 bridgehead atoms. The van der Waals surface area contributed by atoms with Crippen molar-refractivity contribution in [3.63, 3.8) is 0 Å². The summed E-state index contributed by atoms with van der Waals surface area (Å²) >= 11 is 0. The molecule has 0 unspecified atom stereocenters. The average Bonchev–Trinajstić information content (AvgIpc) is 3.31. The van der Waals surface area contributed by atoms with Gasteiger partial charge in [-0.2, -0.15) is 4.98 Å². The average molecular weight is 315 g/mol. The van der Waals surface area contributed by atoms with Crippen LogP contribution in [0, 0.1) is 0 Å². The highest BCUT2D eigenvalue weighted by Crippen LogP contribution is 2.38. The number of rotatable bonds is 5. The number of aromatic nitrogens is 2. The van der Waals surface area contributed by atoms with Crippen LogP contribution in [-0.2, 0) is 6.54 Å². The smallest absolute Gasteiger partial charge is 0.243 e. The van der Waals surface area contributed by atoms with Crippen molar-refractivity contribution in [1.82, 2.24) is 15.0 Å². The van der Waals surface area contributed by atoms with E-state index in [0.717, 1.165) is 23.9 Å². The zero-order valence-electron chi connectivity index (χ0n) is 13.5. The minimum atomic E-state index is 0.0724. The van der Waals surface area contributed by atoms with Crippen LogP contribution in [0.25, 0.3) is 0 Å². The van der Waals surface area contributed by atoms with E-state index >= 15 is 0 Å². The van der Waals surface area contributed by atoms with Crippen molar-refractivity contribution in [1.29, 1.82) is 0 Å². The molecule has 0 N–H and O–H groups in total. The largest absolute Gasteiger partial charge is 0.486 e. The fraction of sp³-hybridized carbons (Fsp3) is 0.529. The Morgan fingerprint density at radius 2 is 2.00 bits per heavy atom. The van der Waals surface area contributed by atoms with Crippen LogP contribution in [-0.4, -0.2) is 35.3 Å². The van der Waals surface area contributed by atoms with Crippen molar-refractivity contribution >= 4 is 0 Å². The quantitative estimate of drug-likeness (QED) is 0.845. The molecule has 0 saturated heterocycles. The van der Waals surface area contributed by atoms with Gasteiger partial charge in [0.25, 0.3) is 0 Å². The highest BCUT2D eigenvalue weighted by molar-refractivity contribution is 5.43. The Bertz CT molecular complexity index is 696. The second-order valence-corrected chi connectivity index (χ2v) is 6.33. The maximum absolute atomic E-state index is 5.64. The summed E-state index contributed by atoms with van der Waals surface area (Å²) in [5, 5.41) is 4.10. The van der Waals surface area contributed by atoms with Crippen molar-refractivity contribution in [2.75, 3.05) is 20.3 Å². The highest BCUT2D eigenvalue weighted by Gasteiger charge is 2.30. The number of hydrogen-bond acceptors (Lipinski definition) is 6. The van der Waals surface area contributed by atoms with E-state index in [-0.39, 0.29) is 6.04 Å². The monoisotopic (exact) mass is 315 g/mol. The normalized spacial score (nSPS) is 18.2. The lowest BCUT2D eigenvalue weighted by Gasteiger charge is -2.23. The Morgan fingerprint density at radius 1 is 1.22 bits per heavy atom. The number of hydrogen-bond donors (Lipinski definition) is 0. The molecule has 1 aliphatic heterocycles. The van der Waals surface area contributed by atoms with Crippen LogP contribution in [0.15, 0.2) is 22.7 Å². The van der Waals surface area contributed by atoms with Crippen molar-refractivity contribution in [3.8, 4) is 11.5 Å². The van der Waals surface area contributed by atoms with Gasteiger partial charge < -0.3 is 14.0 Å². The first kappa shape index (κ1) is 14.5. The van der Waals surface area contributed by atoms with Gasteiger partial charge in [0.1, 0.15) is 13.2 Å². The van der Waals surface area contributed by atoms with E-state index in [1.165, 1.54) is 18.4 Å². The predicted molar refractivity (Wildman–Crippen MR) is 83.6 cm³/mol. The fourth-order valence-corrected chi connectivity index (χ4v) is 2.72. The van der Waals surface area contributed by atoms with Gasteiger partial charge in [-0.25, -0.2) is 0 Å². The van der Waals surface area contributed by atoms with Crippen molar-refractivity contribution < 1.29 is 14.0 Å². The van der Waals surface area contributed by atoms with Crippen LogP contribution in [0.3, 0.4) is 0 Å². The number of nitrogens with zero attached hydrogens (tertiary/aromatic N) is 3. The molecule has 1 fully saturated rings. The van der Waals surface area contributed by atoms with Gasteiger partial charge in [-0.1, -0.05) is 11.2 Å². The summed E-state index contributed by atoms with van der Waals surface area (Å²) in [5.41, 5.74) is 1.17. The summed E-state index contributed by atoms with van der Waals surface area (Å²) < 4.78 is 16.6. The topological polar surface area (TPSA) is 60.6 Å². The molecule has 1 saturated carbocycles. The molecule has 2 aliphatic rings. The predicted octanol–water partition coefficient (Wildman–Crippen LogP) is 2.91. The number of benzene rings is 1. The van der Waals surface area contributed by atoms with E-state index in [0.29, 0.717) is 25.0 Å². The lowest BCUT2D eigenvalue weighted by molar-refractivity contribution is 0.170. The van der Waals surface area contributed by atoms with Crippen molar-refractivity contribution in [3.05, 3.63) is 35.5 Å². The van der Waals surface area contributed by atoms with Gasteiger partial charge in [-0.05, 0) is 44.5 Å². The Labute approximate surface area is 135 Å². The van der Waals surface area contributed by atoms with Crippen LogP contribution >= 0.6 is 0 Å².